The highest BCUT2D eigenvalue weighted by Gasteiger charge is 2.30. The summed E-state index contributed by atoms with van der Waals surface area (Å²) in [5, 5.41) is 0. The molecule has 0 atom stereocenters. The fourth-order valence-corrected chi connectivity index (χ4v) is 2.48. The number of rotatable bonds is 6. The van der Waals surface area contributed by atoms with Gasteiger partial charge in [0.2, 0.25) is 0 Å². The summed E-state index contributed by atoms with van der Waals surface area (Å²) in [5.41, 5.74) is 1.22. The average Bonchev–Trinajstić information content (AvgIpc) is 2.65. The first kappa shape index (κ1) is 20.5. The van der Waals surface area contributed by atoms with Crippen LogP contribution in [0.15, 0.2) is 48.5 Å². The maximum absolute atomic E-state index is 12.8. The van der Waals surface area contributed by atoms with Gasteiger partial charge in [-0.25, -0.2) is 0 Å². The van der Waals surface area contributed by atoms with E-state index in [2.05, 4.69) is 4.74 Å². The van der Waals surface area contributed by atoms with Gasteiger partial charge >= 0.3 is 12.1 Å². The lowest BCUT2D eigenvalue weighted by Crippen LogP contribution is -2.32. The average molecular weight is 379 g/mol. The highest BCUT2D eigenvalue weighted by atomic mass is 19.4. The minimum Gasteiger partial charge on any atom is -0.469 e. The number of nitrogens with zero attached hydrogens (tertiary/aromatic N) is 1. The molecule has 0 unspecified atom stereocenters. The molecular formula is C20H20F3NO3. The van der Waals surface area contributed by atoms with E-state index in [1.54, 1.807) is 0 Å². The zero-order valence-electron chi connectivity index (χ0n) is 15.0. The molecule has 4 nitrogen and oxygen atoms in total. The SMILES string of the molecule is COC(=O)CCN(Cc1ccc(C)cc1)C(=O)c1ccc(C(F)(F)F)cc1. The second kappa shape index (κ2) is 8.70. The number of alkyl halides is 3. The van der Waals surface area contributed by atoms with E-state index in [1.807, 2.05) is 31.2 Å². The molecule has 0 fully saturated rings. The summed E-state index contributed by atoms with van der Waals surface area (Å²) in [4.78, 5) is 25.6. The van der Waals surface area contributed by atoms with Crippen molar-refractivity contribution in [2.45, 2.75) is 26.1 Å². The Morgan fingerprint density at radius 2 is 1.59 bits per heavy atom. The van der Waals surface area contributed by atoms with Crippen LogP contribution in [0, 0.1) is 6.92 Å². The fraction of sp³-hybridized carbons (Fsp3) is 0.300. The Balaban J connectivity index is 2.21. The molecule has 0 aromatic heterocycles. The minimum atomic E-state index is -4.46. The van der Waals surface area contributed by atoms with Gasteiger partial charge in [0.1, 0.15) is 0 Å². The van der Waals surface area contributed by atoms with Crippen LogP contribution >= 0.6 is 0 Å². The number of amides is 1. The Labute approximate surface area is 155 Å². The number of benzene rings is 2. The van der Waals surface area contributed by atoms with Crippen LogP contribution in [0.5, 0.6) is 0 Å². The molecule has 0 heterocycles. The van der Waals surface area contributed by atoms with Gasteiger partial charge in [0.05, 0.1) is 19.1 Å². The number of ether oxygens (including phenoxy) is 1. The smallest absolute Gasteiger partial charge is 0.416 e. The summed E-state index contributed by atoms with van der Waals surface area (Å²) in [6, 6.07) is 11.6. The molecule has 0 aliphatic carbocycles. The molecule has 0 spiro atoms. The van der Waals surface area contributed by atoms with Crippen molar-refractivity contribution in [2.24, 2.45) is 0 Å². The first-order chi connectivity index (χ1) is 12.7. The molecule has 144 valence electrons. The predicted octanol–water partition coefficient (Wildman–Crippen LogP) is 4.22. The van der Waals surface area contributed by atoms with Gasteiger partial charge < -0.3 is 9.64 Å². The van der Waals surface area contributed by atoms with Crippen LogP contribution in [0.3, 0.4) is 0 Å². The molecule has 2 aromatic carbocycles. The maximum Gasteiger partial charge on any atom is 0.416 e. The Morgan fingerprint density at radius 1 is 1.00 bits per heavy atom. The van der Waals surface area contributed by atoms with Gasteiger partial charge in [0, 0.05) is 18.7 Å². The van der Waals surface area contributed by atoms with Crippen molar-refractivity contribution in [2.75, 3.05) is 13.7 Å². The number of aryl methyl sites for hydroxylation is 1. The highest BCUT2D eigenvalue weighted by molar-refractivity contribution is 5.94. The summed E-state index contributed by atoms with van der Waals surface area (Å²) in [5.74, 6) is -0.919. The van der Waals surface area contributed by atoms with Gasteiger partial charge in [-0.1, -0.05) is 29.8 Å². The third kappa shape index (κ3) is 5.84. The summed E-state index contributed by atoms with van der Waals surface area (Å²) >= 11 is 0. The molecule has 0 bridgehead atoms. The summed E-state index contributed by atoms with van der Waals surface area (Å²) in [6.45, 7) is 2.27. The van der Waals surface area contributed by atoms with E-state index in [0.29, 0.717) is 0 Å². The monoisotopic (exact) mass is 379 g/mol. The second-order valence-corrected chi connectivity index (χ2v) is 6.11. The first-order valence-electron chi connectivity index (χ1n) is 8.29. The van der Waals surface area contributed by atoms with Crippen molar-refractivity contribution < 1.29 is 27.5 Å². The zero-order chi connectivity index (χ0) is 20.0. The van der Waals surface area contributed by atoms with E-state index >= 15 is 0 Å². The van der Waals surface area contributed by atoms with E-state index in [9.17, 15) is 22.8 Å². The van der Waals surface area contributed by atoms with Crippen molar-refractivity contribution in [1.82, 2.24) is 4.90 Å². The minimum absolute atomic E-state index is 0.00522. The van der Waals surface area contributed by atoms with Crippen molar-refractivity contribution >= 4 is 11.9 Å². The third-order valence-corrected chi connectivity index (χ3v) is 4.05. The molecular weight excluding hydrogens is 359 g/mol. The van der Waals surface area contributed by atoms with Crippen LogP contribution in [0.1, 0.15) is 33.5 Å². The maximum atomic E-state index is 12.8. The van der Waals surface area contributed by atoms with Crippen molar-refractivity contribution in [3.8, 4) is 0 Å². The molecule has 0 saturated heterocycles. The van der Waals surface area contributed by atoms with Crippen LogP contribution < -0.4 is 0 Å². The van der Waals surface area contributed by atoms with Crippen LogP contribution in [0.4, 0.5) is 13.2 Å². The number of hydrogen-bond donors (Lipinski definition) is 0. The lowest BCUT2D eigenvalue weighted by atomic mass is 10.1. The molecule has 0 aliphatic heterocycles. The van der Waals surface area contributed by atoms with Crippen LogP contribution in [0.2, 0.25) is 0 Å². The lowest BCUT2D eigenvalue weighted by molar-refractivity contribution is -0.141. The largest absolute Gasteiger partial charge is 0.469 e. The van der Waals surface area contributed by atoms with E-state index in [-0.39, 0.29) is 25.1 Å². The number of methoxy groups -OCH3 is 1. The Morgan fingerprint density at radius 3 is 2.11 bits per heavy atom. The fourth-order valence-electron chi connectivity index (χ4n) is 2.48. The zero-order valence-corrected chi connectivity index (χ0v) is 15.0. The molecule has 1 amide bonds. The van der Waals surface area contributed by atoms with E-state index in [4.69, 9.17) is 0 Å². The highest BCUT2D eigenvalue weighted by Crippen LogP contribution is 2.29. The first-order valence-corrected chi connectivity index (χ1v) is 8.29. The third-order valence-electron chi connectivity index (χ3n) is 4.05. The lowest BCUT2D eigenvalue weighted by Gasteiger charge is -2.23. The number of carbonyl (C=O) groups is 2. The molecule has 0 saturated carbocycles. The Bertz CT molecular complexity index is 784. The van der Waals surface area contributed by atoms with Gasteiger partial charge in [-0.15, -0.1) is 0 Å². The van der Waals surface area contributed by atoms with Gasteiger partial charge in [-0.3, -0.25) is 9.59 Å². The molecule has 0 N–H and O–H groups in total. The van der Waals surface area contributed by atoms with Crippen molar-refractivity contribution in [3.05, 3.63) is 70.8 Å². The molecule has 0 aliphatic rings. The molecule has 7 heteroatoms. The Hall–Kier alpha value is -2.83. The van der Waals surface area contributed by atoms with E-state index in [0.717, 1.165) is 35.4 Å². The van der Waals surface area contributed by atoms with E-state index in [1.165, 1.54) is 12.0 Å². The molecule has 0 radical (unpaired) electrons. The second-order valence-electron chi connectivity index (χ2n) is 6.11. The van der Waals surface area contributed by atoms with Crippen molar-refractivity contribution in [3.63, 3.8) is 0 Å². The predicted molar refractivity (Wildman–Crippen MR) is 94.0 cm³/mol. The molecule has 2 aromatic rings. The Kier molecular flexibility index (Phi) is 6.60. The molecule has 2 rings (SSSR count). The summed E-state index contributed by atoms with van der Waals surface area (Å²) in [7, 11) is 1.25. The summed E-state index contributed by atoms with van der Waals surface area (Å²) in [6.07, 6.45) is -4.47. The van der Waals surface area contributed by atoms with Gasteiger partial charge in [-0.05, 0) is 36.8 Å². The van der Waals surface area contributed by atoms with Crippen LogP contribution in [-0.2, 0) is 22.3 Å². The number of esters is 1. The van der Waals surface area contributed by atoms with Gasteiger partial charge in [0.25, 0.3) is 5.91 Å². The quantitative estimate of drug-likeness (QED) is 0.706. The standard InChI is InChI=1S/C20H20F3NO3/c1-14-3-5-15(6-4-14)13-24(12-11-18(25)27-2)19(26)16-7-9-17(10-8-16)20(21,22)23/h3-10H,11-13H2,1-2H3. The van der Waals surface area contributed by atoms with Gasteiger partial charge in [-0.2, -0.15) is 13.2 Å². The van der Waals surface area contributed by atoms with Gasteiger partial charge in [0.15, 0.2) is 0 Å². The number of carbonyl (C=O) groups excluding carboxylic acids is 2. The van der Waals surface area contributed by atoms with Crippen molar-refractivity contribution in [1.29, 1.82) is 0 Å². The normalized spacial score (nSPS) is 11.1. The number of hydrogen-bond acceptors (Lipinski definition) is 3. The topological polar surface area (TPSA) is 46.6 Å². The summed E-state index contributed by atoms with van der Waals surface area (Å²) < 4.78 is 42.7. The molecule has 27 heavy (non-hydrogen) atoms. The van der Waals surface area contributed by atoms with Crippen LogP contribution in [0.25, 0.3) is 0 Å². The number of halogens is 3. The van der Waals surface area contributed by atoms with Crippen LogP contribution in [-0.4, -0.2) is 30.4 Å². The van der Waals surface area contributed by atoms with E-state index < -0.39 is 23.6 Å².